The number of sulfone groups is 1. The van der Waals surface area contributed by atoms with E-state index in [1.165, 1.54) is 12.1 Å². The third-order valence-corrected chi connectivity index (χ3v) is 4.85. The van der Waals surface area contributed by atoms with E-state index < -0.39 is 15.8 Å². The number of aryl methyl sites for hydroxylation is 2. The fraction of sp³-hybridized carbons (Fsp3) is 0.286. The predicted molar refractivity (Wildman–Crippen MR) is 82.3 cm³/mol. The van der Waals surface area contributed by atoms with Gasteiger partial charge in [0.1, 0.15) is 0 Å². The molecule has 0 atom stereocenters. The Morgan fingerprint density at radius 2 is 2.00 bits per heavy atom. The summed E-state index contributed by atoms with van der Waals surface area (Å²) in [5, 5.41) is 13.3. The highest BCUT2D eigenvalue weighted by Gasteiger charge is 2.22. The van der Waals surface area contributed by atoms with E-state index in [1.54, 1.807) is 4.68 Å². The molecule has 8 heteroatoms. The molecule has 0 fully saturated rings. The molecule has 0 bridgehead atoms. The summed E-state index contributed by atoms with van der Waals surface area (Å²) in [6, 6.07) is 4.31. The Bertz CT molecular complexity index is 856. The van der Waals surface area contributed by atoms with E-state index in [2.05, 4.69) is 5.10 Å². The summed E-state index contributed by atoms with van der Waals surface area (Å²) in [7, 11) is -3.54. The lowest BCUT2D eigenvalue weighted by Crippen LogP contribution is -2.12. The molecule has 0 saturated carbocycles. The highest BCUT2D eigenvalue weighted by atomic mass is 35.5. The molecule has 0 aliphatic carbocycles. The van der Waals surface area contributed by atoms with Crippen molar-refractivity contribution < 1.29 is 18.3 Å². The third-order valence-electron chi connectivity index (χ3n) is 3.24. The fourth-order valence-corrected chi connectivity index (χ4v) is 3.54. The molecule has 1 N–H and O–H groups in total. The molecule has 1 heterocycles. The first-order chi connectivity index (χ1) is 10.1. The Hall–Kier alpha value is -1.86. The van der Waals surface area contributed by atoms with Gasteiger partial charge in [0.05, 0.1) is 27.7 Å². The fourth-order valence-electron chi connectivity index (χ4n) is 2.25. The first-order valence-corrected chi connectivity index (χ1v) is 8.64. The Morgan fingerprint density at radius 3 is 2.45 bits per heavy atom. The Balaban J connectivity index is 2.67. The number of halogens is 1. The van der Waals surface area contributed by atoms with Crippen LogP contribution in [0.25, 0.3) is 0 Å². The van der Waals surface area contributed by atoms with Crippen molar-refractivity contribution in [3.63, 3.8) is 0 Å². The van der Waals surface area contributed by atoms with E-state index >= 15 is 0 Å². The molecule has 0 spiro atoms. The number of benzene rings is 1. The van der Waals surface area contributed by atoms with Crippen molar-refractivity contribution in [2.24, 2.45) is 0 Å². The van der Waals surface area contributed by atoms with Crippen LogP contribution in [-0.2, 0) is 16.4 Å². The zero-order valence-corrected chi connectivity index (χ0v) is 13.9. The van der Waals surface area contributed by atoms with E-state index in [9.17, 15) is 13.2 Å². The molecule has 0 radical (unpaired) electrons. The van der Waals surface area contributed by atoms with Crippen molar-refractivity contribution in [1.82, 2.24) is 9.78 Å². The molecular weight excluding hydrogens is 328 g/mol. The summed E-state index contributed by atoms with van der Waals surface area (Å²) in [4.78, 5) is 11.2. The van der Waals surface area contributed by atoms with Crippen LogP contribution in [0.1, 0.15) is 27.3 Å². The molecule has 2 aromatic rings. The van der Waals surface area contributed by atoms with Gasteiger partial charge in [-0.1, -0.05) is 11.6 Å². The highest BCUT2D eigenvalue weighted by molar-refractivity contribution is 7.90. The van der Waals surface area contributed by atoms with Gasteiger partial charge in [-0.25, -0.2) is 13.2 Å². The van der Waals surface area contributed by atoms with Gasteiger partial charge in [-0.15, -0.1) is 0 Å². The number of hydrogen-bond donors (Lipinski definition) is 1. The van der Waals surface area contributed by atoms with Crippen molar-refractivity contribution in [1.29, 1.82) is 0 Å². The number of aromatic carboxylic acids is 1. The molecule has 1 aromatic heterocycles. The van der Waals surface area contributed by atoms with Crippen LogP contribution in [0, 0.1) is 13.8 Å². The summed E-state index contributed by atoms with van der Waals surface area (Å²) < 4.78 is 25.5. The van der Waals surface area contributed by atoms with Gasteiger partial charge in [-0.3, -0.25) is 4.68 Å². The minimum absolute atomic E-state index is 0.00931. The van der Waals surface area contributed by atoms with Gasteiger partial charge in [-0.2, -0.15) is 5.10 Å². The van der Waals surface area contributed by atoms with Crippen LogP contribution in [0.5, 0.6) is 0 Å². The maximum atomic E-state index is 11.9. The monoisotopic (exact) mass is 342 g/mol. The second-order valence-corrected chi connectivity index (χ2v) is 7.43. The molecule has 0 aliphatic rings. The van der Waals surface area contributed by atoms with Crippen molar-refractivity contribution >= 4 is 27.4 Å². The molecule has 0 aliphatic heterocycles. The quantitative estimate of drug-likeness (QED) is 0.920. The maximum Gasteiger partial charge on any atom is 0.337 e. The Labute approximate surface area is 133 Å². The molecule has 2 rings (SSSR count). The topological polar surface area (TPSA) is 89.3 Å². The van der Waals surface area contributed by atoms with Crippen LogP contribution in [0.4, 0.5) is 0 Å². The maximum absolute atomic E-state index is 11.9. The average molecular weight is 343 g/mol. The van der Waals surface area contributed by atoms with Gasteiger partial charge in [-0.05, 0) is 32.0 Å². The number of aromatic nitrogens is 2. The van der Waals surface area contributed by atoms with Crippen LogP contribution in [0.3, 0.4) is 0 Å². The standard InChI is InChI=1S/C14H15ClN2O4S/c1-8-6-9(2)17(16-8)7-11-12(22(3,20)21)5-4-10(13(11)15)14(18)19/h4-6H,7H2,1-3H3,(H,18,19). The number of nitrogens with zero attached hydrogens (tertiary/aromatic N) is 2. The van der Waals surface area contributed by atoms with E-state index in [0.29, 0.717) is 0 Å². The zero-order chi connectivity index (χ0) is 16.7. The first-order valence-electron chi connectivity index (χ1n) is 6.37. The normalized spacial score (nSPS) is 11.6. The van der Waals surface area contributed by atoms with Crippen LogP contribution in [-0.4, -0.2) is 35.5 Å². The molecule has 22 heavy (non-hydrogen) atoms. The summed E-state index contributed by atoms with van der Waals surface area (Å²) in [5.74, 6) is -1.21. The largest absolute Gasteiger partial charge is 0.478 e. The molecule has 0 saturated heterocycles. The number of rotatable bonds is 4. The van der Waals surface area contributed by atoms with Gasteiger partial charge >= 0.3 is 5.97 Å². The Morgan fingerprint density at radius 1 is 1.36 bits per heavy atom. The van der Waals surface area contributed by atoms with E-state index in [1.807, 2.05) is 19.9 Å². The first kappa shape index (κ1) is 16.5. The minimum atomic E-state index is -3.54. The van der Waals surface area contributed by atoms with E-state index in [-0.39, 0.29) is 27.6 Å². The van der Waals surface area contributed by atoms with Crippen molar-refractivity contribution in [2.45, 2.75) is 25.3 Å². The molecule has 6 nitrogen and oxygen atoms in total. The lowest BCUT2D eigenvalue weighted by Gasteiger charge is -2.13. The molecule has 1 aromatic carbocycles. The van der Waals surface area contributed by atoms with Crippen LogP contribution in [0.2, 0.25) is 5.02 Å². The third kappa shape index (κ3) is 3.15. The number of carbonyl (C=O) groups is 1. The van der Waals surface area contributed by atoms with Crippen molar-refractivity contribution in [3.05, 3.63) is 45.7 Å². The van der Waals surface area contributed by atoms with Gasteiger partial charge in [0, 0.05) is 17.5 Å². The Kier molecular flexibility index (Phi) is 4.30. The number of carboxylic acid groups (broad SMARTS) is 1. The van der Waals surface area contributed by atoms with Crippen LogP contribution < -0.4 is 0 Å². The lowest BCUT2D eigenvalue weighted by molar-refractivity contribution is 0.0697. The zero-order valence-electron chi connectivity index (χ0n) is 12.3. The van der Waals surface area contributed by atoms with Gasteiger partial charge in [0.2, 0.25) is 0 Å². The molecule has 0 unspecified atom stereocenters. The molecule has 0 amide bonds. The molecule has 118 valence electrons. The second-order valence-electron chi connectivity index (χ2n) is 5.07. The lowest BCUT2D eigenvalue weighted by atomic mass is 10.1. The van der Waals surface area contributed by atoms with Gasteiger partial charge in [0.25, 0.3) is 0 Å². The minimum Gasteiger partial charge on any atom is -0.478 e. The predicted octanol–water partition coefficient (Wildman–Crippen LogP) is 2.30. The number of carboxylic acids is 1. The SMILES string of the molecule is Cc1cc(C)n(Cc2c(S(C)(=O)=O)ccc(C(=O)O)c2Cl)n1. The van der Waals surface area contributed by atoms with Gasteiger partial charge < -0.3 is 5.11 Å². The average Bonchev–Trinajstić information content (AvgIpc) is 2.68. The highest BCUT2D eigenvalue weighted by Crippen LogP contribution is 2.29. The second kappa shape index (κ2) is 5.73. The summed E-state index contributed by atoms with van der Waals surface area (Å²) >= 11 is 6.14. The van der Waals surface area contributed by atoms with Crippen molar-refractivity contribution in [3.8, 4) is 0 Å². The van der Waals surface area contributed by atoms with Crippen LogP contribution >= 0.6 is 11.6 Å². The summed E-state index contributed by atoms with van der Waals surface area (Å²) in [5.41, 5.74) is 1.71. The summed E-state index contributed by atoms with van der Waals surface area (Å²) in [6.07, 6.45) is 1.06. The van der Waals surface area contributed by atoms with Crippen LogP contribution in [0.15, 0.2) is 23.1 Å². The number of hydrogen-bond acceptors (Lipinski definition) is 4. The van der Waals surface area contributed by atoms with Gasteiger partial charge in [0.15, 0.2) is 9.84 Å². The van der Waals surface area contributed by atoms with Crippen molar-refractivity contribution in [2.75, 3.05) is 6.26 Å². The van der Waals surface area contributed by atoms with E-state index in [0.717, 1.165) is 17.6 Å². The van der Waals surface area contributed by atoms with E-state index in [4.69, 9.17) is 16.7 Å². The summed E-state index contributed by atoms with van der Waals surface area (Å²) in [6.45, 7) is 3.73. The smallest absolute Gasteiger partial charge is 0.337 e. The molecular formula is C14H15ClN2O4S.